The number of hydrogen-bond donors (Lipinski definition) is 0. The zero-order chi connectivity index (χ0) is 19.8. The molecular weight excluding hydrogens is 352 g/mol. The predicted octanol–water partition coefficient (Wildman–Crippen LogP) is 3.86. The van der Waals surface area contributed by atoms with E-state index in [1.54, 1.807) is 0 Å². The van der Waals surface area contributed by atoms with E-state index in [0.29, 0.717) is 31.6 Å². The highest BCUT2D eigenvalue weighted by molar-refractivity contribution is 5.94. The summed E-state index contributed by atoms with van der Waals surface area (Å²) in [5.74, 6) is 1.97. The molecule has 6 nitrogen and oxygen atoms in total. The molecule has 0 unspecified atom stereocenters. The highest BCUT2D eigenvalue weighted by Gasteiger charge is 2.26. The summed E-state index contributed by atoms with van der Waals surface area (Å²) < 4.78 is 7.81. The molecule has 28 heavy (non-hydrogen) atoms. The van der Waals surface area contributed by atoms with Crippen LogP contribution in [0.5, 0.6) is 0 Å². The molecule has 0 atom stereocenters. The number of carbonyl (C=O) groups excluding carboxylic acids is 1. The van der Waals surface area contributed by atoms with Gasteiger partial charge in [-0.05, 0) is 37.6 Å². The lowest BCUT2D eigenvalue weighted by Crippen LogP contribution is -2.35. The Hall–Kier alpha value is -2.89. The van der Waals surface area contributed by atoms with Gasteiger partial charge < -0.3 is 9.32 Å². The summed E-state index contributed by atoms with van der Waals surface area (Å²) in [5.41, 5.74) is 4.78. The predicted molar refractivity (Wildman–Crippen MR) is 106 cm³/mol. The van der Waals surface area contributed by atoms with Crippen LogP contribution in [0.1, 0.15) is 64.4 Å². The summed E-state index contributed by atoms with van der Waals surface area (Å²) in [6.45, 7) is 9.98. The summed E-state index contributed by atoms with van der Waals surface area (Å²) in [6.07, 6.45) is 0.715. The average molecular weight is 378 g/mol. The highest BCUT2D eigenvalue weighted by Crippen LogP contribution is 2.25. The molecule has 0 spiro atoms. The van der Waals surface area contributed by atoms with Crippen molar-refractivity contribution >= 4 is 5.91 Å². The fourth-order valence-electron chi connectivity index (χ4n) is 3.63. The summed E-state index contributed by atoms with van der Waals surface area (Å²) in [5, 5.41) is 4.51. The van der Waals surface area contributed by atoms with E-state index in [1.807, 2.05) is 47.7 Å². The smallest absolute Gasteiger partial charge is 0.254 e. The number of aryl methyl sites for hydroxylation is 2. The summed E-state index contributed by atoms with van der Waals surface area (Å²) in [6, 6.07) is 9.88. The summed E-state index contributed by atoms with van der Waals surface area (Å²) in [4.78, 5) is 19.5. The molecule has 6 heteroatoms. The average Bonchev–Trinajstić information content (AvgIpc) is 3.23. The maximum atomic E-state index is 13.1. The van der Waals surface area contributed by atoms with Crippen molar-refractivity contribution in [2.75, 3.05) is 6.54 Å². The molecule has 0 fully saturated rings. The summed E-state index contributed by atoms with van der Waals surface area (Å²) in [7, 11) is 0. The van der Waals surface area contributed by atoms with Crippen LogP contribution in [-0.2, 0) is 19.5 Å². The van der Waals surface area contributed by atoms with E-state index in [9.17, 15) is 4.79 Å². The normalized spacial score (nSPS) is 13.8. The standard InChI is InChI=1S/C22H26N4O2/c1-14(2)21-23-19-13-25(9-8-20(19)28-21)22(27)18-7-5-6-17(11-18)12-26-16(4)10-15(3)24-26/h5-7,10-11,14H,8-9,12-13H2,1-4H3. The van der Waals surface area contributed by atoms with E-state index >= 15 is 0 Å². The molecule has 3 heterocycles. The number of nitrogens with zero attached hydrogens (tertiary/aromatic N) is 4. The van der Waals surface area contributed by atoms with Crippen molar-refractivity contribution in [1.82, 2.24) is 19.7 Å². The van der Waals surface area contributed by atoms with Crippen LogP contribution in [0.2, 0.25) is 0 Å². The quantitative estimate of drug-likeness (QED) is 0.692. The monoisotopic (exact) mass is 378 g/mol. The second kappa shape index (κ2) is 7.26. The molecule has 4 rings (SSSR count). The molecular formula is C22H26N4O2. The molecule has 1 aliphatic rings. The van der Waals surface area contributed by atoms with Crippen LogP contribution in [0.25, 0.3) is 0 Å². The minimum atomic E-state index is 0.0370. The third-order valence-electron chi connectivity index (χ3n) is 5.13. The van der Waals surface area contributed by atoms with Crippen molar-refractivity contribution < 1.29 is 9.21 Å². The van der Waals surface area contributed by atoms with Crippen molar-refractivity contribution in [3.63, 3.8) is 0 Å². The number of hydrogen-bond acceptors (Lipinski definition) is 4. The molecule has 0 aliphatic carbocycles. The number of carbonyl (C=O) groups is 1. The van der Waals surface area contributed by atoms with Gasteiger partial charge in [-0.15, -0.1) is 0 Å². The second-order valence-corrected chi connectivity index (χ2v) is 7.84. The van der Waals surface area contributed by atoms with E-state index in [0.717, 1.165) is 34.3 Å². The first-order chi connectivity index (χ1) is 13.4. The van der Waals surface area contributed by atoms with Crippen molar-refractivity contribution in [3.05, 3.63) is 70.2 Å². The van der Waals surface area contributed by atoms with Crippen LogP contribution in [0.4, 0.5) is 0 Å². The van der Waals surface area contributed by atoms with Gasteiger partial charge in [0.25, 0.3) is 5.91 Å². The fourth-order valence-corrected chi connectivity index (χ4v) is 3.63. The molecule has 1 aromatic carbocycles. The number of rotatable bonds is 4. The fraction of sp³-hybridized carbons (Fsp3) is 0.409. The Kier molecular flexibility index (Phi) is 4.79. The van der Waals surface area contributed by atoms with Crippen LogP contribution in [-0.4, -0.2) is 32.1 Å². The maximum absolute atomic E-state index is 13.1. The molecule has 2 aromatic heterocycles. The second-order valence-electron chi connectivity index (χ2n) is 7.84. The highest BCUT2D eigenvalue weighted by atomic mass is 16.4. The van der Waals surface area contributed by atoms with Gasteiger partial charge in [-0.3, -0.25) is 9.48 Å². The van der Waals surface area contributed by atoms with E-state index < -0.39 is 0 Å². The third-order valence-corrected chi connectivity index (χ3v) is 5.13. The van der Waals surface area contributed by atoms with Gasteiger partial charge in [0.05, 0.1) is 18.8 Å². The van der Waals surface area contributed by atoms with E-state index in [1.165, 1.54) is 0 Å². The number of fused-ring (bicyclic) bond motifs is 1. The molecule has 0 radical (unpaired) electrons. The molecule has 1 aliphatic heterocycles. The zero-order valence-corrected chi connectivity index (χ0v) is 16.9. The molecule has 3 aromatic rings. The lowest BCUT2D eigenvalue weighted by molar-refractivity contribution is 0.0727. The van der Waals surface area contributed by atoms with E-state index in [-0.39, 0.29) is 11.8 Å². The van der Waals surface area contributed by atoms with Crippen molar-refractivity contribution in [1.29, 1.82) is 0 Å². The first-order valence-corrected chi connectivity index (χ1v) is 9.78. The Morgan fingerprint density at radius 3 is 2.79 bits per heavy atom. The van der Waals surface area contributed by atoms with Gasteiger partial charge in [-0.25, -0.2) is 4.98 Å². The number of benzene rings is 1. The van der Waals surface area contributed by atoms with Crippen LogP contribution in [0, 0.1) is 13.8 Å². The van der Waals surface area contributed by atoms with Gasteiger partial charge in [0, 0.05) is 30.1 Å². The number of amides is 1. The van der Waals surface area contributed by atoms with Crippen molar-refractivity contribution in [3.8, 4) is 0 Å². The largest absolute Gasteiger partial charge is 0.445 e. The van der Waals surface area contributed by atoms with Gasteiger partial charge in [0.1, 0.15) is 11.5 Å². The SMILES string of the molecule is Cc1cc(C)n(Cc2cccc(C(=O)N3CCc4oc(C(C)C)nc4C3)c2)n1. The lowest BCUT2D eigenvalue weighted by Gasteiger charge is -2.25. The molecule has 146 valence electrons. The number of aromatic nitrogens is 3. The first-order valence-electron chi connectivity index (χ1n) is 9.78. The van der Waals surface area contributed by atoms with Gasteiger partial charge in [-0.1, -0.05) is 26.0 Å². The maximum Gasteiger partial charge on any atom is 0.254 e. The minimum Gasteiger partial charge on any atom is -0.445 e. The van der Waals surface area contributed by atoms with Crippen molar-refractivity contribution in [2.45, 2.75) is 53.1 Å². The van der Waals surface area contributed by atoms with Crippen LogP contribution in [0.15, 0.2) is 34.7 Å². The Morgan fingerprint density at radius 1 is 1.25 bits per heavy atom. The number of oxazole rings is 1. The molecule has 0 bridgehead atoms. The van der Waals surface area contributed by atoms with Crippen LogP contribution in [0.3, 0.4) is 0 Å². The molecule has 0 saturated carbocycles. The van der Waals surface area contributed by atoms with Gasteiger partial charge in [0.15, 0.2) is 5.89 Å². The molecule has 0 saturated heterocycles. The molecule has 0 N–H and O–H groups in total. The van der Waals surface area contributed by atoms with Crippen LogP contribution < -0.4 is 0 Å². The Bertz CT molecular complexity index is 1020. The molecule has 1 amide bonds. The Morgan fingerprint density at radius 2 is 2.07 bits per heavy atom. The van der Waals surface area contributed by atoms with Gasteiger partial charge in [0.2, 0.25) is 0 Å². The Labute approximate surface area is 165 Å². The zero-order valence-electron chi connectivity index (χ0n) is 16.9. The lowest BCUT2D eigenvalue weighted by atomic mass is 10.1. The van der Waals surface area contributed by atoms with Crippen LogP contribution >= 0.6 is 0 Å². The van der Waals surface area contributed by atoms with E-state index in [4.69, 9.17) is 4.42 Å². The minimum absolute atomic E-state index is 0.0370. The Balaban J connectivity index is 1.51. The van der Waals surface area contributed by atoms with E-state index in [2.05, 4.69) is 30.0 Å². The third kappa shape index (κ3) is 3.59. The summed E-state index contributed by atoms with van der Waals surface area (Å²) >= 11 is 0. The topological polar surface area (TPSA) is 64.2 Å². The van der Waals surface area contributed by atoms with Gasteiger partial charge in [-0.2, -0.15) is 5.10 Å². The first kappa shape index (κ1) is 18.5. The van der Waals surface area contributed by atoms with Crippen molar-refractivity contribution in [2.24, 2.45) is 0 Å². The van der Waals surface area contributed by atoms with Gasteiger partial charge >= 0.3 is 0 Å².